The highest BCUT2D eigenvalue weighted by Crippen LogP contribution is 2.31. The van der Waals surface area contributed by atoms with E-state index in [1.165, 1.54) is 11.9 Å². The van der Waals surface area contributed by atoms with Crippen molar-refractivity contribution in [3.8, 4) is 0 Å². The van der Waals surface area contributed by atoms with Gasteiger partial charge in [-0.15, -0.1) is 0 Å². The van der Waals surface area contributed by atoms with Crippen LogP contribution in [0.2, 0.25) is 0 Å². The van der Waals surface area contributed by atoms with Gasteiger partial charge < -0.3 is 10.8 Å². The van der Waals surface area contributed by atoms with Gasteiger partial charge in [0.15, 0.2) is 6.17 Å². The van der Waals surface area contributed by atoms with Gasteiger partial charge in [-0.25, -0.2) is 10.2 Å². The van der Waals surface area contributed by atoms with E-state index in [1.807, 2.05) is 67.6 Å². The zero-order valence-electron chi connectivity index (χ0n) is 14.3. The lowest BCUT2D eigenvalue weighted by Gasteiger charge is -2.42. The summed E-state index contributed by atoms with van der Waals surface area (Å²) < 4.78 is 0. The number of amides is 1. The number of hydrogen-bond acceptors (Lipinski definition) is 4. The molecular weight excluding hydrogens is 318 g/mol. The summed E-state index contributed by atoms with van der Waals surface area (Å²) in [5.41, 5.74) is 9.33. The smallest absolute Gasteiger partial charge is 0.337 e. The third kappa shape index (κ3) is 4.43. The molecule has 0 aliphatic rings. The van der Waals surface area contributed by atoms with E-state index in [-0.39, 0.29) is 5.91 Å². The predicted octanol–water partition coefficient (Wildman–Crippen LogP) is 1.87. The van der Waals surface area contributed by atoms with Crippen LogP contribution in [-0.2, 0) is 21.5 Å². The van der Waals surface area contributed by atoms with Crippen LogP contribution in [0.15, 0.2) is 60.7 Å². The van der Waals surface area contributed by atoms with Gasteiger partial charge in [0.05, 0.1) is 5.54 Å². The molecule has 0 spiro atoms. The Balaban J connectivity index is 2.48. The number of hydrazine groups is 1. The van der Waals surface area contributed by atoms with Crippen molar-refractivity contribution in [2.75, 3.05) is 0 Å². The summed E-state index contributed by atoms with van der Waals surface area (Å²) in [5.74, 6) is -1.56. The lowest BCUT2D eigenvalue weighted by atomic mass is 9.84. The highest BCUT2D eigenvalue weighted by Gasteiger charge is 2.37. The Kier molecular flexibility index (Phi) is 5.90. The fraction of sp³-hybridized carbons (Fsp3) is 0.263. The number of rotatable bonds is 7. The van der Waals surface area contributed by atoms with E-state index in [4.69, 9.17) is 10.8 Å². The topological polar surface area (TPSA) is 95.7 Å². The van der Waals surface area contributed by atoms with Gasteiger partial charge >= 0.3 is 5.97 Å². The second-order valence-electron chi connectivity index (χ2n) is 6.10. The molecule has 0 saturated carbocycles. The molecule has 25 heavy (non-hydrogen) atoms. The number of aliphatic carboxylic acids is 1. The summed E-state index contributed by atoms with van der Waals surface area (Å²) in [4.78, 5) is 23.5. The maximum atomic E-state index is 12.3. The van der Waals surface area contributed by atoms with E-state index in [9.17, 15) is 9.59 Å². The molecule has 0 saturated heterocycles. The Labute approximate surface area is 147 Å². The average Bonchev–Trinajstić information content (AvgIpc) is 2.60. The lowest BCUT2D eigenvalue weighted by Crippen LogP contribution is -2.62. The molecule has 2 unspecified atom stereocenters. The number of nitrogens with zero attached hydrogens (tertiary/aromatic N) is 1. The number of benzene rings is 2. The van der Waals surface area contributed by atoms with Crippen molar-refractivity contribution >= 4 is 11.9 Å². The van der Waals surface area contributed by atoms with E-state index < -0.39 is 17.7 Å². The second-order valence-corrected chi connectivity index (χ2v) is 6.10. The Morgan fingerprint density at radius 2 is 1.64 bits per heavy atom. The van der Waals surface area contributed by atoms with Gasteiger partial charge in [-0.2, -0.15) is 0 Å². The summed E-state index contributed by atoms with van der Waals surface area (Å²) in [7, 11) is 0. The third-order valence-electron chi connectivity index (χ3n) is 4.13. The third-order valence-corrected chi connectivity index (χ3v) is 4.13. The summed E-state index contributed by atoms with van der Waals surface area (Å²) in [6, 6.07) is 19.2. The van der Waals surface area contributed by atoms with Gasteiger partial charge in [0.2, 0.25) is 5.91 Å². The Hall–Kier alpha value is -2.70. The van der Waals surface area contributed by atoms with Crippen LogP contribution in [0.25, 0.3) is 0 Å². The monoisotopic (exact) mass is 341 g/mol. The largest absolute Gasteiger partial charge is 0.479 e. The van der Waals surface area contributed by atoms with Crippen LogP contribution >= 0.6 is 0 Å². The Morgan fingerprint density at radius 1 is 1.12 bits per heavy atom. The molecule has 0 bridgehead atoms. The summed E-state index contributed by atoms with van der Waals surface area (Å²) in [6.07, 6.45) is -0.890. The number of nitrogens with one attached hydrogen (secondary N) is 1. The van der Waals surface area contributed by atoms with Crippen molar-refractivity contribution in [2.45, 2.75) is 32.0 Å². The van der Waals surface area contributed by atoms with Crippen LogP contribution in [0, 0.1) is 0 Å². The van der Waals surface area contributed by atoms with Gasteiger partial charge in [0, 0.05) is 13.3 Å². The van der Waals surface area contributed by atoms with Crippen molar-refractivity contribution in [3.05, 3.63) is 71.8 Å². The lowest BCUT2D eigenvalue weighted by molar-refractivity contribution is -0.148. The van der Waals surface area contributed by atoms with Gasteiger partial charge in [-0.05, 0) is 18.1 Å². The number of carbonyl (C=O) groups excluding carboxylic acids is 1. The molecule has 0 fully saturated rings. The summed E-state index contributed by atoms with van der Waals surface area (Å²) in [5, 5.41) is 10.4. The molecule has 0 aliphatic carbocycles. The second kappa shape index (κ2) is 7.92. The number of nitrogens with two attached hydrogens (primary N) is 1. The molecule has 6 heteroatoms. The fourth-order valence-corrected chi connectivity index (χ4v) is 2.88. The maximum Gasteiger partial charge on any atom is 0.337 e. The molecule has 2 rings (SSSR count). The number of carboxylic acid groups (broad SMARTS) is 1. The first kappa shape index (κ1) is 18.6. The van der Waals surface area contributed by atoms with Gasteiger partial charge in [0.25, 0.3) is 0 Å². The number of carbonyl (C=O) groups is 2. The van der Waals surface area contributed by atoms with Crippen LogP contribution in [0.1, 0.15) is 25.0 Å². The minimum Gasteiger partial charge on any atom is -0.479 e. The minimum absolute atomic E-state index is 0.320. The first-order valence-electron chi connectivity index (χ1n) is 7.99. The van der Waals surface area contributed by atoms with Gasteiger partial charge in [-0.1, -0.05) is 60.7 Å². The Morgan fingerprint density at radius 3 is 2.12 bits per heavy atom. The van der Waals surface area contributed by atoms with Crippen molar-refractivity contribution in [1.29, 1.82) is 0 Å². The summed E-state index contributed by atoms with van der Waals surface area (Å²) >= 11 is 0. The number of carboxylic acids is 1. The van der Waals surface area contributed by atoms with Crippen molar-refractivity contribution in [1.82, 2.24) is 10.4 Å². The molecule has 2 aromatic carbocycles. The molecule has 1 amide bonds. The standard InChI is InChI=1S/C19H23N3O3/c1-14(23)22(21-17(20)18(24)25)19(2,16-11-7-4-8-12-16)13-15-9-5-3-6-10-15/h3-12,17,21H,13,20H2,1-2H3,(H,24,25). The molecular formula is C19H23N3O3. The number of hydrogen-bond donors (Lipinski definition) is 3. The molecule has 6 nitrogen and oxygen atoms in total. The van der Waals surface area contributed by atoms with Gasteiger partial charge in [0.1, 0.15) is 0 Å². The molecule has 0 radical (unpaired) electrons. The van der Waals surface area contributed by atoms with E-state index >= 15 is 0 Å². The van der Waals surface area contributed by atoms with E-state index in [0.29, 0.717) is 6.42 Å². The van der Waals surface area contributed by atoms with Crippen LogP contribution in [-0.4, -0.2) is 28.2 Å². The molecule has 2 aromatic rings. The van der Waals surface area contributed by atoms with E-state index in [0.717, 1.165) is 11.1 Å². The average molecular weight is 341 g/mol. The zero-order chi connectivity index (χ0) is 18.4. The maximum absolute atomic E-state index is 12.3. The normalized spacial score (nSPS) is 14.4. The van der Waals surface area contributed by atoms with Crippen LogP contribution < -0.4 is 11.2 Å². The SMILES string of the molecule is CC(=O)N(NC(N)C(=O)O)C(C)(Cc1ccccc1)c1ccccc1. The van der Waals surface area contributed by atoms with Crippen LogP contribution in [0.3, 0.4) is 0 Å². The van der Waals surface area contributed by atoms with Crippen LogP contribution in [0.4, 0.5) is 0 Å². The molecule has 0 aliphatic heterocycles. The molecule has 2 atom stereocenters. The Bertz CT molecular complexity index is 721. The van der Waals surface area contributed by atoms with Crippen LogP contribution in [0.5, 0.6) is 0 Å². The highest BCUT2D eigenvalue weighted by molar-refractivity contribution is 5.76. The molecule has 0 aromatic heterocycles. The van der Waals surface area contributed by atoms with Crippen molar-refractivity contribution < 1.29 is 14.7 Å². The molecule has 132 valence electrons. The highest BCUT2D eigenvalue weighted by atomic mass is 16.4. The first-order valence-corrected chi connectivity index (χ1v) is 7.99. The predicted molar refractivity (Wildman–Crippen MR) is 95.2 cm³/mol. The first-order chi connectivity index (χ1) is 11.8. The minimum atomic E-state index is -1.39. The zero-order valence-corrected chi connectivity index (χ0v) is 14.3. The van der Waals surface area contributed by atoms with E-state index in [1.54, 1.807) is 0 Å². The van der Waals surface area contributed by atoms with Crippen molar-refractivity contribution in [3.63, 3.8) is 0 Å². The molecule has 4 N–H and O–H groups in total. The van der Waals surface area contributed by atoms with Gasteiger partial charge in [-0.3, -0.25) is 9.80 Å². The quantitative estimate of drug-likeness (QED) is 0.528. The summed E-state index contributed by atoms with van der Waals surface area (Å²) in [6.45, 7) is 3.27. The van der Waals surface area contributed by atoms with Crippen molar-refractivity contribution in [2.24, 2.45) is 5.73 Å². The van der Waals surface area contributed by atoms with E-state index in [2.05, 4.69) is 5.43 Å². The fourth-order valence-electron chi connectivity index (χ4n) is 2.88. The molecule has 0 heterocycles.